The molecule has 0 radical (unpaired) electrons. The highest BCUT2D eigenvalue weighted by atomic mass is 16.5. The largest absolute Gasteiger partial charge is 0.381 e. The second-order valence-electron chi connectivity index (χ2n) is 5.94. The minimum atomic E-state index is 0.0861. The summed E-state index contributed by atoms with van der Waals surface area (Å²) in [5, 5.41) is 0. The van der Waals surface area contributed by atoms with E-state index in [1.54, 1.807) is 0 Å². The predicted octanol–water partition coefficient (Wildman–Crippen LogP) is 2.97. The first-order valence-corrected chi connectivity index (χ1v) is 7.71. The summed E-state index contributed by atoms with van der Waals surface area (Å²) in [6, 6.07) is 8.88. The average molecular weight is 276 g/mol. The Morgan fingerprint density at radius 1 is 1.25 bits per heavy atom. The fraction of sp³-hybridized carbons (Fsp3) is 0.647. The summed E-state index contributed by atoms with van der Waals surface area (Å²) < 4.78 is 5.49. The lowest BCUT2D eigenvalue weighted by molar-refractivity contribution is 0.0505. The number of ether oxygens (including phenoxy) is 1. The van der Waals surface area contributed by atoms with Gasteiger partial charge < -0.3 is 15.4 Å². The molecule has 2 rings (SSSR count). The minimum absolute atomic E-state index is 0.0861. The van der Waals surface area contributed by atoms with Crippen molar-refractivity contribution in [2.24, 2.45) is 5.73 Å². The Morgan fingerprint density at radius 3 is 2.30 bits per heavy atom. The van der Waals surface area contributed by atoms with Crippen molar-refractivity contribution < 1.29 is 4.74 Å². The molecule has 3 nitrogen and oxygen atoms in total. The summed E-state index contributed by atoms with van der Waals surface area (Å²) in [6.07, 6.45) is 5.91. The number of benzene rings is 1. The lowest BCUT2D eigenvalue weighted by atomic mass is 9.79. The normalized spacial score (nSPS) is 26.5. The van der Waals surface area contributed by atoms with Gasteiger partial charge in [0.05, 0.1) is 11.6 Å². The van der Waals surface area contributed by atoms with Crippen molar-refractivity contribution in [3.63, 3.8) is 0 Å². The summed E-state index contributed by atoms with van der Waals surface area (Å²) in [6.45, 7) is 2.89. The van der Waals surface area contributed by atoms with Gasteiger partial charge >= 0.3 is 0 Å². The quantitative estimate of drug-likeness (QED) is 0.898. The maximum Gasteiger partial charge on any atom is 0.0573 e. The van der Waals surface area contributed by atoms with Crippen LogP contribution in [0.2, 0.25) is 0 Å². The van der Waals surface area contributed by atoms with Crippen molar-refractivity contribution in [2.75, 3.05) is 25.6 Å². The minimum Gasteiger partial charge on any atom is -0.381 e. The molecule has 0 saturated heterocycles. The van der Waals surface area contributed by atoms with E-state index in [0.29, 0.717) is 12.6 Å². The van der Waals surface area contributed by atoms with Gasteiger partial charge in [0.25, 0.3) is 0 Å². The lowest BCUT2D eigenvalue weighted by Gasteiger charge is -2.47. The zero-order valence-electron chi connectivity index (χ0n) is 13.1. The number of hydrogen-bond donors (Lipinski definition) is 1. The van der Waals surface area contributed by atoms with E-state index in [2.05, 4.69) is 43.1 Å². The molecule has 1 saturated carbocycles. The number of likely N-dealkylation sites (N-methyl/N-ethyl adjacent to an activating group) is 1. The maximum absolute atomic E-state index is 6.14. The molecule has 112 valence electrons. The Balaban J connectivity index is 2.13. The number of hydrogen-bond acceptors (Lipinski definition) is 3. The van der Waals surface area contributed by atoms with Crippen LogP contribution in [0.4, 0.5) is 5.69 Å². The topological polar surface area (TPSA) is 38.5 Å². The van der Waals surface area contributed by atoms with Crippen molar-refractivity contribution in [1.29, 1.82) is 0 Å². The van der Waals surface area contributed by atoms with E-state index in [1.165, 1.54) is 11.3 Å². The van der Waals surface area contributed by atoms with Gasteiger partial charge in [0.1, 0.15) is 0 Å². The molecule has 0 amide bonds. The van der Waals surface area contributed by atoms with Gasteiger partial charge in [-0.2, -0.15) is 0 Å². The molecule has 1 aliphatic carbocycles. The third-order valence-corrected chi connectivity index (χ3v) is 5.02. The molecule has 1 aromatic rings. The van der Waals surface area contributed by atoms with Crippen molar-refractivity contribution in [3.8, 4) is 0 Å². The van der Waals surface area contributed by atoms with Gasteiger partial charge in [-0.3, -0.25) is 0 Å². The molecule has 0 aliphatic heterocycles. The molecule has 20 heavy (non-hydrogen) atoms. The number of rotatable bonds is 5. The first-order chi connectivity index (χ1) is 9.65. The fourth-order valence-electron chi connectivity index (χ4n) is 3.27. The molecule has 2 N–H and O–H groups in total. The first kappa shape index (κ1) is 15.3. The lowest BCUT2D eigenvalue weighted by Crippen LogP contribution is -2.55. The van der Waals surface area contributed by atoms with Gasteiger partial charge in [-0.05, 0) is 49.8 Å². The zero-order valence-corrected chi connectivity index (χ0v) is 13.1. The third kappa shape index (κ3) is 2.99. The molecular weight excluding hydrogens is 248 g/mol. The van der Waals surface area contributed by atoms with Gasteiger partial charge in [-0.15, -0.1) is 0 Å². The Hall–Kier alpha value is -1.06. The van der Waals surface area contributed by atoms with E-state index in [9.17, 15) is 0 Å². The van der Waals surface area contributed by atoms with Gasteiger partial charge in [0.15, 0.2) is 0 Å². The molecule has 1 aliphatic rings. The van der Waals surface area contributed by atoms with Crippen LogP contribution in [-0.4, -0.2) is 32.3 Å². The van der Waals surface area contributed by atoms with Crippen LogP contribution < -0.4 is 10.6 Å². The Kier molecular flexibility index (Phi) is 5.06. The van der Waals surface area contributed by atoms with Crippen molar-refractivity contribution in [3.05, 3.63) is 29.8 Å². The molecule has 1 aromatic carbocycles. The highest BCUT2D eigenvalue weighted by molar-refractivity contribution is 5.50. The van der Waals surface area contributed by atoms with E-state index in [-0.39, 0.29) is 5.54 Å². The third-order valence-electron chi connectivity index (χ3n) is 5.02. The van der Waals surface area contributed by atoms with Gasteiger partial charge in [0.2, 0.25) is 0 Å². The summed E-state index contributed by atoms with van der Waals surface area (Å²) >= 11 is 0. The van der Waals surface area contributed by atoms with Crippen LogP contribution in [-0.2, 0) is 11.2 Å². The van der Waals surface area contributed by atoms with Crippen molar-refractivity contribution in [2.45, 2.75) is 50.7 Å². The van der Waals surface area contributed by atoms with E-state index in [4.69, 9.17) is 10.5 Å². The molecule has 0 aromatic heterocycles. The monoisotopic (exact) mass is 276 g/mol. The average Bonchev–Trinajstić information content (AvgIpc) is 2.54. The van der Waals surface area contributed by atoms with Crippen LogP contribution in [0.15, 0.2) is 24.3 Å². The Bertz CT molecular complexity index is 408. The first-order valence-electron chi connectivity index (χ1n) is 7.71. The molecule has 0 bridgehead atoms. The molecule has 0 atom stereocenters. The van der Waals surface area contributed by atoms with E-state index in [1.807, 2.05) is 7.11 Å². The summed E-state index contributed by atoms with van der Waals surface area (Å²) in [4.78, 5) is 2.39. The molecule has 0 unspecified atom stereocenters. The van der Waals surface area contributed by atoms with Crippen LogP contribution in [0.25, 0.3) is 0 Å². The van der Waals surface area contributed by atoms with Crippen molar-refractivity contribution in [1.82, 2.24) is 0 Å². The van der Waals surface area contributed by atoms with Crippen LogP contribution in [0.1, 0.15) is 38.2 Å². The van der Waals surface area contributed by atoms with E-state index < -0.39 is 0 Å². The highest BCUT2D eigenvalue weighted by Crippen LogP contribution is 2.36. The predicted molar refractivity (Wildman–Crippen MR) is 85.3 cm³/mol. The molecular formula is C17H28N2O. The summed E-state index contributed by atoms with van der Waals surface area (Å²) in [5.74, 6) is 0. The Labute approximate surface area is 123 Å². The number of aryl methyl sites for hydroxylation is 1. The van der Waals surface area contributed by atoms with Gasteiger partial charge in [-0.1, -0.05) is 19.1 Å². The second kappa shape index (κ2) is 6.59. The zero-order chi connectivity index (χ0) is 14.6. The number of nitrogens with zero attached hydrogens (tertiary/aromatic N) is 1. The van der Waals surface area contributed by atoms with Crippen LogP contribution >= 0.6 is 0 Å². The number of anilines is 1. The molecule has 1 fully saturated rings. The summed E-state index contributed by atoms with van der Waals surface area (Å²) in [5.41, 5.74) is 8.87. The number of methoxy groups -OCH3 is 1. The van der Waals surface area contributed by atoms with Crippen LogP contribution in [0.5, 0.6) is 0 Å². The maximum atomic E-state index is 6.14. The number of nitrogens with two attached hydrogens (primary N) is 1. The van der Waals surface area contributed by atoms with E-state index >= 15 is 0 Å². The van der Waals surface area contributed by atoms with Gasteiger partial charge in [0, 0.05) is 26.4 Å². The fourth-order valence-corrected chi connectivity index (χ4v) is 3.27. The van der Waals surface area contributed by atoms with Crippen molar-refractivity contribution >= 4 is 5.69 Å². The van der Waals surface area contributed by atoms with E-state index in [0.717, 1.165) is 32.1 Å². The van der Waals surface area contributed by atoms with Crippen LogP contribution in [0, 0.1) is 0 Å². The summed E-state index contributed by atoms with van der Waals surface area (Å²) in [7, 11) is 3.99. The van der Waals surface area contributed by atoms with Crippen LogP contribution in [0.3, 0.4) is 0 Å². The van der Waals surface area contributed by atoms with Gasteiger partial charge in [-0.25, -0.2) is 0 Å². The molecule has 3 heteroatoms. The highest BCUT2D eigenvalue weighted by Gasteiger charge is 2.37. The Morgan fingerprint density at radius 2 is 1.85 bits per heavy atom. The smallest absolute Gasteiger partial charge is 0.0573 e. The SMILES string of the molecule is CCc1ccc(N(C)C2(CN)CCC(OC)CC2)cc1. The molecule has 0 spiro atoms. The molecule has 0 heterocycles. The standard InChI is InChI=1S/C17H28N2O/c1-4-14-5-7-15(8-6-14)19(2)17(13-18)11-9-16(20-3)10-12-17/h5-8,16H,4,9-13,18H2,1-3H3. The second-order valence-corrected chi connectivity index (χ2v) is 5.94.